The Labute approximate surface area is 102 Å². The molecule has 2 aliphatic carbocycles. The minimum absolute atomic E-state index is 1.02. The van der Waals surface area contributed by atoms with E-state index in [9.17, 15) is 0 Å². The molecule has 0 aromatic heterocycles. The maximum absolute atomic E-state index is 2.53. The highest BCUT2D eigenvalue weighted by molar-refractivity contribution is 4.99. The Hall–Kier alpha value is 0. The monoisotopic (exact) mass is 222 g/mol. The molecular formula is C16H30. The number of unbranched alkanes of at least 4 members (excludes halogenated alkanes) is 1. The second-order valence-electron chi connectivity index (χ2n) is 6.65. The van der Waals surface area contributed by atoms with Crippen molar-refractivity contribution in [1.29, 1.82) is 0 Å². The van der Waals surface area contributed by atoms with Gasteiger partial charge in [0, 0.05) is 0 Å². The molecule has 0 saturated heterocycles. The van der Waals surface area contributed by atoms with Crippen LogP contribution in [0.4, 0.5) is 0 Å². The summed E-state index contributed by atoms with van der Waals surface area (Å²) in [5, 5.41) is 0. The molecule has 0 N–H and O–H groups in total. The van der Waals surface area contributed by atoms with Crippen molar-refractivity contribution in [1.82, 2.24) is 0 Å². The zero-order valence-electron chi connectivity index (χ0n) is 11.7. The van der Waals surface area contributed by atoms with Crippen LogP contribution in [0.25, 0.3) is 0 Å². The van der Waals surface area contributed by atoms with E-state index in [0.29, 0.717) is 0 Å². The Morgan fingerprint density at radius 2 is 1.44 bits per heavy atom. The molecule has 6 atom stereocenters. The van der Waals surface area contributed by atoms with E-state index in [4.69, 9.17) is 0 Å². The molecule has 0 nitrogen and oxygen atoms in total. The van der Waals surface area contributed by atoms with Crippen molar-refractivity contribution in [2.24, 2.45) is 35.5 Å². The highest BCUT2D eigenvalue weighted by atomic mass is 14.6. The van der Waals surface area contributed by atoms with Gasteiger partial charge in [0.25, 0.3) is 0 Å². The molecule has 0 aromatic carbocycles. The maximum atomic E-state index is 2.53. The summed E-state index contributed by atoms with van der Waals surface area (Å²) in [5.41, 5.74) is 0. The van der Waals surface area contributed by atoms with Crippen molar-refractivity contribution in [3.8, 4) is 0 Å². The third kappa shape index (κ3) is 2.05. The first-order valence-electron chi connectivity index (χ1n) is 7.69. The molecule has 6 unspecified atom stereocenters. The summed E-state index contributed by atoms with van der Waals surface area (Å²) in [4.78, 5) is 0. The number of hydrogen-bond donors (Lipinski definition) is 0. The van der Waals surface area contributed by atoms with Crippen LogP contribution in [0.1, 0.15) is 66.2 Å². The predicted octanol–water partition coefficient (Wildman–Crippen LogP) is 5.13. The van der Waals surface area contributed by atoms with Gasteiger partial charge >= 0.3 is 0 Å². The van der Waals surface area contributed by atoms with Gasteiger partial charge in [0.15, 0.2) is 0 Å². The van der Waals surface area contributed by atoms with E-state index in [0.717, 1.165) is 35.5 Å². The average molecular weight is 222 g/mol. The molecule has 0 bridgehead atoms. The third-order valence-electron chi connectivity index (χ3n) is 5.65. The van der Waals surface area contributed by atoms with Crippen LogP contribution < -0.4 is 0 Å². The highest BCUT2D eigenvalue weighted by Crippen LogP contribution is 2.57. The number of fused-ring (bicyclic) bond motifs is 1. The van der Waals surface area contributed by atoms with Gasteiger partial charge in [0.05, 0.1) is 0 Å². The first-order chi connectivity index (χ1) is 7.69. The molecule has 0 heteroatoms. The van der Waals surface area contributed by atoms with E-state index in [2.05, 4.69) is 27.7 Å². The quantitative estimate of drug-likeness (QED) is 0.618. The SMILES string of the molecule is CCCCC1CC(C)C2C(CC)CC(C)C12. The summed E-state index contributed by atoms with van der Waals surface area (Å²) in [6, 6.07) is 0. The van der Waals surface area contributed by atoms with Crippen molar-refractivity contribution in [3.63, 3.8) is 0 Å². The Morgan fingerprint density at radius 3 is 2.00 bits per heavy atom. The van der Waals surface area contributed by atoms with Crippen LogP contribution in [0.3, 0.4) is 0 Å². The van der Waals surface area contributed by atoms with Gasteiger partial charge in [0.2, 0.25) is 0 Å². The molecule has 2 saturated carbocycles. The van der Waals surface area contributed by atoms with Gasteiger partial charge in [0.1, 0.15) is 0 Å². The van der Waals surface area contributed by atoms with Crippen LogP contribution in [-0.2, 0) is 0 Å². The number of hydrogen-bond acceptors (Lipinski definition) is 0. The Balaban J connectivity index is 2.05. The van der Waals surface area contributed by atoms with E-state index in [1.54, 1.807) is 0 Å². The Kier molecular flexibility index (Phi) is 3.97. The average Bonchev–Trinajstić information content (AvgIpc) is 2.76. The molecule has 16 heavy (non-hydrogen) atoms. The van der Waals surface area contributed by atoms with Crippen molar-refractivity contribution < 1.29 is 0 Å². The van der Waals surface area contributed by atoms with Crippen LogP contribution in [0, 0.1) is 35.5 Å². The number of rotatable bonds is 4. The van der Waals surface area contributed by atoms with Crippen molar-refractivity contribution in [2.75, 3.05) is 0 Å². The fourth-order valence-corrected chi connectivity index (χ4v) is 5.12. The minimum atomic E-state index is 1.02. The van der Waals surface area contributed by atoms with Crippen LogP contribution in [0.5, 0.6) is 0 Å². The molecule has 2 aliphatic rings. The lowest BCUT2D eigenvalue weighted by molar-refractivity contribution is 0.242. The lowest BCUT2D eigenvalue weighted by atomic mass is 9.81. The molecule has 0 aliphatic heterocycles. The summed E-state index contributed by atoms with van der Waals surface area (Å²) in [7, 11) is 0. The Morgan fingerprint density at radius 1 is 0.875 bits per heavy atom. The molecule has 0 radical (unpaired) electrons. The predicted molar refractivity (Wildman–Crippen MR) is 71.3 cm³/mol. The highest BCUT2D eigenvalue weighted by Gasteiger charge is 2.50. The summed E-state index contributed by atoms with van der Waals surface area (Å²) in [6.07, 6.45) is 8.85. The van der Waals surface area contributed by atoms with Gasteiger partial charge < -0.3 is 0 Å². The van der Waals surface area contributed by atoms with Gasteiger partial charge in [-0.1, -0.05) is 53.4 Å². The summed E-state index contributed by atoms with van der Waals surface area (Å²) in [6.45, 7) is 9.81. The smallest absolute Gasteiger partial charge is 0.0326 e. The second-order valence-corrected chi connectivity index (χ2v) is 6.65. The minimum Gasteiger partial charge on any atom is -0.0654 e. The lowest BCUT2D eigenvalue weighted by Gasteiger charge is -2.24. The molecule has 0 aromatic rings. The fraction of sp³-hybridized carbons (Fsp3) is 1.00. The standard InChI is InChI=1S/C16H30/c1-5-7-8-14-10-12(4)15-13(6-2)9-11(3)16(14)15/h11-16H,5-10H2,1-4H3. The van der Waals surface area contributed by atoms with Gasteiger partial charge in [-0.3, -0.25) is 0 Å². The van der Waals surface area contributed by atoms with E-state index >= 15 is 0 Å². The molecule has 0 amide bonds. The van der Waals surface area contributed by atoms with Crippen LogP contribution in [0.2, 0.25) is 0 Å². The normalized spacial score (nSPS) is 47.2. The second kappa shape index (κ2) is 5.10. The third-order valence-corrected chi connectivity index (χ3v) is 5.65. The summed E-state index contributed by atoms with van der Waals surface area (Å²) < 4.78 is 0. The fourth-order valence-electron chi connectivity index (χ4n) is 5.12. The van der Waals surface area contributed by atoms with Gasteiger partial charge in [-0.25, -0.2) is 0 Å². The molecule has 94 valence electrons. The lowest BCUT2D eigenvalue weighted by Crippen LogP contribution is -2.18. The van der Waals surface area contributed by atoms with Crippen molar-refractivity contribution >= 4 is 0 Å². The van der Waals surface area contributed by atoms with Crippen LogP contribution in [-0.4, -0.2) is 0 Å². The summed E-state index contributed by atoms with van der Waals surface area (Å²) in [5.74, 6) is 6.34. The molecular weight excluding hydrogens is 192 g/mol. The van der Waals surface area contributed by atoms with Crippen LogP contribution in [0.15, 0.2) is 0 Å². The molecule has 0 spiro atoms. The van der Waals surface area contributed by atoms with E-state index < -0.39 is 0 Å². The first kappa shape index (κ1) is 12.5. The zero-order chi connectivity index (χ0) is 11.7. The topological polar surface area (TPSA) is 0 Å². The van der Waals surface area contributed by atoms with E-state index in [1.165, 1.54) is 38.5 Å². The van der Waals surface area contributed by atoms with Gasteiger partial charge in [-0.05, 0) is 48.3 Å². The van der Waals surface area contributed by atoms with Crippen molar-refractivity contribution in [3.05, 3.63) is 0 Å². The van der Waals surface area contributed by atoms with Crippen LogP contribution >= 0.6 is 0 Å². The molecule has 0 heterocycles. The first-order valence-corrected chi connectivity index (χ1v) is 7.69. The zero-order valence-corrected chi connectivity index (χ0v) is 11.7. The largest absolute Gasteiger partial charge is 0.0654 e. The van der Waals surface area contributed by atoms with Gasteiger partial charge in [-0.2, -0.15) is 0 Å². The van der Waals surface area contributed by atoms with E-state index in [1.807, 2.05) is 0 Å². The maximum Gasteiger partial charge on any atom is -0.0326 e. The van der Waals surface area contributed by atoms with Gasteiger partial charge in [-0.15, -0.1) is 0 Å². The molecule has 2 rings (SSSR count). The summed E-state index contributed by atoms with van der Waals surface area (Å²) >= 11 is 0. The molecule has 2 fully saturated rings. The van der Waals surface area contributed by atoms with E-state index in [-0.39, 0.29) is 0 Å². The Bertz CT molecular complexity index is 220. The van der Waals surface area contributed by atoms with Crippen molar-refractivity contribution in [2.45, 2.75) is 66.2 Å².